The van der Waals surface area contributed by atoms with Crippen molar-refractivity contribution in [3.63, 3.8) is 0 Å². The fraction of sp³-hybridized carbons (Fsp3) is 0.545. The average molecular weight is 187 g/mol. The molecule has 0 saturated heterocycles. The number of nitrogens with zero attached hydrogens (tertiary/aromatic N) is 3. The third-order valence-corrected chi connectivity index (χ3v) is 2.36. The molecule has 2 rings (SSSR count). The van der Waals surface area contributed by atoms with Crippen LogP contribution in [0.2, 0.25) is 0 Å². The van der Waals surface area contributed by atoms with E-state index < -0.39 is 0 Å². The molecule has 3 nitrogen and oxygen atoms in total. The predicted octanol–water partition coefficient (Wildman–Crippen LogP) is 2.18. The Morgan fingerprint density at radius 2 is 2.29 bits per heavy atom. The Morgan fingerprint density at radius 1 is 1.50 bits per heavy atom. The van der Waals surface area contributed by atoms with E-state index in [0.717, 1.165) is 24.4 Å². The monoisotopic (exact) mass is 187 g/mol. The standard InChI is InChI=1S/C11H13N3/c1-2-3-9-6-10(7-12)14-11(13-9)8-4-5-8/h6,8H,2-5H2,1H3. The molecule has 0 amide bonds. The van der Waals surface area contributed by atoms with Crippen LogP contribution in [0.1, 0.15) is 49.3 Å². The molecule has 1 aliphatic carbocycles. The molecular weight excluding hydrogens is 174 g/mol. The number of aromatic nitrogens is 2. The number of hydrogen-bond acceptors (Lipinski definition) is 3. The predicted molar refractivity (Wildman–Crippen MR) is 52.7 cm³/mol. The zero-order chi connectivity index (χ0) is 9.97. The maximum atomic E-state index is 8.82. The molecule has 3 heteroatoms. The Balaban J connectivity index is 2.32. The van der Waals surface area contributed by atoms with Gasteiger partial charge in [0.2, 0.25) is 0 Å². The van der Waals surface area contributed by atoms with E-state index >= 15 is 0 Å². The molecule has 1 heterocycles. The lowest BCUT2D eigenvalue weighted by Crippen LogP contribution is -2.00. The Kier molecular flexibility index (Phi) is 2.45. The van der Waals surface area contributed by atoms with Crippen molar-refractivity contribution < 1.29 is 0 Å². The summed E-state index contributed by atoms with van der Waals surface area (Å²) in [6.45, 7) is 2.12. The summed E-state index contributed by atoms with van der Waals surface area (Å²) in [4.78, 5) is 8.69. The zero-order valence-electron chi connectivity index (χ0n) is 8.32. The van der Waals surface area contributed by atoms with Gasteiger partial charge in [0.1, 0.15) is 17.6 Å². The fourth-order valence-corrected chi connectivity index (χ4v) is 1.48. The van der Waals surface area contributed by atoms with E-state index in [4.69, 9.17) is 5.26 Å². The lowest BCUT2D eigenvalue weighted by molar-refractivity contribution is 0.824. The smallest absolute Gasteiger partial charge is 0.144 e. The van der Waals surface area contributed by atoms with Crippen LogP contribution in [0.15, 0.2) is 6.07 Å². The highest BCUT2D eigenvalue weighted by Gasteiger charge is 2.27. The summed E-state index contributed by atoms with van der Waals surface area (Å²) in [7, 11) is 0. The summed E-state index contributed by atoms with van der Waals surface area (Å²) < 4.78 is 0. The number of rotatable bonds is 3. The van der Waals surface area contributed by atoms with Gasteiger partial charge in [-0.15, -0.1) is 0 Å². The Morgan fingerprint density at radius 3 is 2.86 bits per heavy atom. The van der Waals surface area contributed by atoms with Crippen LogP contribution in [0.25, 0.3) is 0 Å². The van der Waals surface area contributed by atoms with E-state index in [9.17, 15) is 0 Å². The summed E-state index contributed by atoms with van der Waals surface area (Å²) in [5, 5.41) is 8.82. The van der Waals surface area contributed by atoms with Gasteiger partial charge >= 0.3 is 0 Å². The van der Waals surface area contributed by atoms with Crippen molar-refractivity contribution in [2.24, 2.45) is 0 Å². The number of hydrogen-bond donors (Lipinski definition) is 0. The first-order chi connectivity index (χ1) is 6.83. The molecule has 1 aliphatic rings. The molecule has 14 heavy (non-hydrogen) atoms. The van der Waals surface area contributed by atoms with Gasteiger partial charge in [-0.1, -0.05) is 13.3 Å². The van der Waals surface area contributed by atoms with Crippen molar-refractivity contribution in [2.75, 3.05) is 0 Å². The summed E-state index contributed by atoms with van der Waals surface area (Å²) in [6.07, 6.45) is 4.36. The van der Waals surface area contributed by atoms with E-state index in [1.54, 1.807) is 6.07 Å². The highest BCUT2D eigenvalue weighted by molar-refractivity contribution is 5.25. The van der Waals surface area contributed by atoms with Gasteiger partial charge in [-0.3, -0.25) is 0 Å². The Hall–Kier alpha value is -1.43. The average Bonchev–Trinajstić information content (AvgIpc) is 3.01. The maximum absolute atomic E-state index is 8.82. The molecule has 1 aromatic rings. The van der Waals surface area contributed by atoms with Crippen molar-refractivity contribution in [1.29, 1.82) is 5.26 Å². The molecule has 1 fully saturated rings. The first-order valence-electron chi connectivity index (χ1n) is 5.11. The molecule has 1 saturated carbocycles. The van der Waals surface area contributed by atoms with Crippen LogP contribution in [-0.4, -0.2) is 9.97 Å². The normalized spacial score (nSPS) is 15.1. The van der Waals surface area contributed by atoms with Crippen LogP contribution in [0.5, 0.6) is 0 Å². The molecule has 72 valence electrons. The van der Waals surface area contributed by atoms with E-state index in [1.165, 1.54) is 12.8 Å². The van der Waals surface area contributed by atoms with Crippen LogP contribution in [0.4, 0.5) is 0 Å². The molecule has 0 aromatic carbocycles. The molecule has 0 bridgehead atoms. The summed E-state index contributed by atoms with van der Waals surface area (Å²) in [6, 6.07) is 3.90. The lowest BCUT2D eigenvalue weighted by atomic mass is 10.2. The van der Waals surface area contributed by atoms with Crippen molar-refractivity contribution in [3.05, 3.63) is 23.3 Å². The van der Waals surface area contributed by atoms with Crippen LogP contribution in [0.3, 0.4) is 0 Å². The Labute approximate surface area is 83.8 Å². The molecule has 1 aromatic heterocycles. The second-order valence-electron chi connectivity index (χ2n) is 3.74. The second-order valence-corrected chi connectivity index (χ2v) is 3.74. The van der Waals surface area contributed by atoms with Crippen LogP contribution < -0.4 is 0 Å². The van der Waals surface area contributed by atoms with Crippen molar-refractivity contribution in [1.82, 2.24) is 9.97 Å². The minimum atomic E-state index is 0.519. The van der Waals surface area contributed by atoms with Crippen LogP contribution >= 0.6 is 0 Å². The highest BCUT2D eigenvalue weighted by atomic mass is 14.9. The number of nitriles is 1. The van der Waals surface area contributed by atoms with Crippen LogP contribution in [-0.2, 0) is 6.42 Å². The molecule has 0 aliphatic heterocycles. The summed E-state index contributed by atoms with van der Waals surface area (Å²) in [5.74, 6) is 1.41. The minimum absolute atomic E-state index is 0.519. The van der Waals surface area contributed by atoms with Gasteiger partial charge in [-0.2, -0.15) is 5.26 Å². The van der Waals surface area contributed by atoms with Gasteiger partial charge in [-0.05, 0) is 25.3 Å². The van der Waals surface area contributed by atoms with E-state index in [2.05, 4.69) is 23.0 Å². The topological polar surface area (TPSA) is 49.6 Å². The largest absolute Gasteiger partial charge is 0.238 e. The third kappa shape index (κ3) is 1.90. The van der Waals surface area contributed by atoms with Crippen molar-refractivity contribution >= 4 is 0 Å². The Bertz CT molecular complexity index is 375. The molecule has 0 atom stereocenters. The third-order valence-electron chi connectivity index (χ3n) is 2.36. The van der Waals surface area contributed by atoms with Gasteiger partial charge in [0, 0.05) is 11.6 Å². The van der Waals surface area contributed by atoms with Gasteiger partial charge in [-0.25, -0.2) is 9.97 Å². The zero-order valence-corrected chi connectivity index (χ0v) is 8.32. The van der Waals surface area contributed by atoms with Gasteiger partial charge in [0.15, 0.2) is 0 Å². The molecule has 0 radical (unpaired) electrons. The highest BCUT2D eigenvalue weighted by Crippen LogP contribution is 2.38. The van der Waals surface area contributed by atoms with Crippen LogP contribution in [0, 0.1) is 11.3 Å². The maximum Gasteiger partial charge on any atom is 0.144 e. The summed E-state index contributed by atoms with van der Waals surface area (Å²) >= 11 is 0. The SMILES string of the molecule is CCCc1cc(C#N)nc(C2CC2)n1. The molecule has 0 unspecified atom stereocenters. The lowest BCUT2D eigenvalue weighted by Gasteiger charge is -2.02. The quantitative estimate of drug-likeness (QED) is 0.728. The fourth-order valence-electron chi connectivity index (χ4n) is 1.48. The molecule has 0 N–H and O–H groups in total. The second kappa shape index (κ2) is 3.75. The number of aryl methyl sites for hydroxylation is 1. The first-order valence-corrected chi connectivity index (χ1v) is 5.11. The molecule has 0 spiro atoms. The summed E-state index contributed by atoms with van der Waals surface area (Å²) in [5.41, 5.74) is 1.53. The first kappa shape index (κ1) is 9.14. The van der Waals surface area contributed by atoms with E-state index in [-0.39, 0.29) is 0 Å². The molecular formula is C11H13N3. The van der Waals surface area contributed by atoms with Crippen molar-refractivity contribution in [3.8, 4) is 6.07 Å². The van der Waals surface area contributed by atoms with Gasteiger partial charge < -0.3 is 0 Å². The van der Waals surface area contributed by atoms with E-state index in [0.29, 0.717) is 11.6 Å². The van der Waals surface area contributed by atoms with Gasteiger partial charge in [0.05, 0.1) is 0 Å². The van der Waals surface area contributed by atoms with E-state index in [1.807, 2.05) is 0 Å². The van der Waals surface area contributed by atoms with Gasteiger partial charge in [0.25, 0.3) is 0 Å². The van der Waals surface area contributed by atoms with Crippen molar-refractivity contribution in [2.45, 2.75) is 38.5 Å². The minimum Gasteiger partial charge on any atom is -0.238 e.